The number of nitrogens with zero attached hydrogens (tertiary/aromatic N) is 2. The number of aromatic nitrogens is 2. The van der Waals surface area contributed by atoms with E-state index in [9.17, 15) is 14.4 Å². The Balaban J connectivity index is 1.57. The molecule has 0 bridgehead atoms. The summed E-state index contributed by atoms with van der Waals surface area (Å²) in [6, 6.07) is 13.2. The Kier molecular flexibility index (Phi) is 5.64. The monoisotopic (exact) mass is 377 g/mol. The average Bonchev–Trinajstić information content (AvgIpc) is 3.12. The van der Waals surface area contributed by atoms with Crippen LogP contribution in [0, 0.1) is 0 Å². The van der Waals surface area contributed by atoms with Gasteiger partial charge in [0.1, 0.15) is 5.75 Å². The molecular weight excluding hydrogens is 358 g/mol. The molecule has 0 unspecified atom stereocenters. The predicted molar refractivity (Wildman–Crippen MR) is 104 cm³/mol. The summed E-state index contributed by atoms with van der Waals surface area (Å²) < 4.78 is 7.07. The van der Waals surface area contributed by atoms with Gasteiger partial charge in [0, 0.05) is 36.3 Å². The van der Waals surface area contributed by atoms with Crippen molar-refractivity contribution in [1.29, 1.82) is 0 Å². The molecule has 1 aromatic heterocycles. The maximum atomic E-state index is 12.4. The van der Waals surface area contributed by atoms with Gasteiger partial charge >= 0.3 is 0 Å². The summed E-state index contributed by atoms with van der Waals surface area (Å²) in [6.07, 6.45) is 3.27. The Morgan fingerprint density at radius 1 is 1.07 bits per heavy atom. The highest BCUT2D eigenvalue weighted by Crippen LogP contribution is 2.15. The lowest BCUT2D eigenvalue weighted by Gasteiger charge is -2.09. The predicted octanol–water partition coefficient (Wildman–Crippen LogP) is 2.87. The second-order valence-corrected chi connectivity index (χ2v) is 6.19. The van der Waals surface area contributed by atoms with Crippen molar-refractivity contribution in [3.05, 3.63) is 77.9 Å². The van der Waals surface area contributed by atoms with E-state index in [1.807, 2.05) is 0 Å². The van der Waals surface area contributed by atoms with Gasteiger partial charge in [-0.3, -0.25) is 14.4 Å². The first kappa shape index (κ1) is 19.0. The first-order valence-electron chi connectivity index (χ1n) is 8.60. The minimum absolute atomic E-state index is 0.0740. The second kappa shape index (κ2) is 8.30. The van der Waals surface area contributed by atoms with E-state index < -0.39 is 0 Å². The van der Waals surface area contributed by atoms with E-state index >= 15 is 0 Å². The van der Waals surface area contributed by atoms with Crippen LogP contribution in [0.4, 0.5) is 5.69 Å². The molecule has 1 N–H and O–H groups in total. The van der Waals surface area contributed by atoms with Crippen LogP contribution in [0.2, 0.25) is 0 Å². The maximum absolute atomic E-state index is 12.4. The minimum atomic E-state index is -0.351. The van der Waals surface area contributed by atoms with Gasteiger partial charge in [0.2, 0.25) is 5.78 Å². The Morgan fingerprint density at radius 3 is 2.46 bits per heavy atom. The summed E-state index contributed by atoms with van der Waals surface area (Å²) in [5.74, 6) is 0.169. The quantitative estimate of drug-likeness (QED) is 0.640. The number of carbonyl (C=O) groups excluding carboxylic acids is 3. The summed E-state index contributed by atoms with van der Waals surface area (Å²) in [6.45, 7) is 1.27. The van der Waals surface area contributed by atoms with Crippen molar-refractivity contribution in [2.24, 2.45) is 7.05 Å². The Hall–Kier alpha value is -3.74. The fourth-order valence-electron chi connectivity index (χ4n) is 2.57. The van der Waals surface area contributed by atoms with Gasteiger partial charge in [-0.2, -0.15) is 0 Å². The highest BCUT2D eigenvalue weighted by atomic mass is 16.5. The lowest BCUT2D eigenvalue weighted by atomic mass is 10.1. The van der Waals surface area contributed by atoms with Gasteiger partial charge in [-0.05, 0) is 43.3 Å². The maximum Gasteiger partial charge on any atom is 0.262 e. The number of rotatable bonds is 7. The third-order valence-corrected chi connectivity index (χ3v) is 4.07. The number of aryl methyl sites for hydroxylation is 1. The number of hydrogen-bond acceptors (Lipinski definition) is 5. The first-order valence-corrected chi connectivity index (χ1v) is 8.60. The van der Waals surface area contributed by atoms with Crippen LogP contribution in [-0.2, 0) is 11.8 Å². The molecular formula is C21H19N3O4. The van der Waals surface area contributed by atoms with Crippen molar-refractivity contribution >= 4 is 23.2 Å². The zero-order valence-electron chi connectivity index (χ0n) is 15.5. The Labute approximate surface area is 162 Å². The molecule has 0 fully saturated rings. The molecule has 7 heteroatoms. The van der Waals surface area contributed by atoms with Crippen molar-refractivity contribution in [2.75, 3.05) is 11.9 Å². The molecule has 28 heavy (non-hydrogen) atoms. The van der Waals surface area contributed by atoms with Crippen LogP contribution in [0.25, 0.3) is 0 Å². The smallest absolute Gasteiger partial charge is 0.262 e. The lowest BCUT2D eigenvalue weighted by Crippen LogP contribution is -2.20. The van der Waals surface area contributed by atoms with Crippen LogP contribution in [0.3, 0.4) is 0 Å². The Morgan fingerprint density at radius 2 is 1.82 bits per heavy atom. The molecule has 1 amide bonds. The standard InChI is InChI=1S/C21H19N3O4/c1-14(25)16-4-3-5-18(12-16)28-13-19(26)23-17-8-6-15(7-9-17)20(27)21-22-10-11-24(21)2/h3-12H,13H2,1-2H3,(H,23,26). The number of hydrogen-bond donors (Lipinski definition) is 1. The summed E-state index contributed by atoms with van der Waals surface area (Å²) in [5, 5.41) is 2.70. The van der Waals surface area contributed by atoms with E-state index in [0.717, 1.165) is 0 Å². The highest BCUT2D eigenvalue weighted by molar-refractivity contribution is 6.07. The molecule has 0 atom stereocenters. The number of nitrogens with one attached hydrogen (secondary N) is 1. The van der Waals surface area contributed by atoms with Crippen molar-refractivity contribution in [3.8, 4) is 5.75 Å². The molecule has 0 radical (unpaired) electrons. The largest absolute Gasteiger partial charge is 0.484 e. The van der Waals surface area contributed by atoms with Crippen LogP contribution < -0.4 is 10.1 Å². The summed E-state index contributed by atoms with van der Waals surface area (Å²) in [5.41, 5.74) is 1.54. The SMILES string of the molecule is CC(=O)c1cccc(OCC(=O)Nc2ccc(C(=O)c3nccn3C)cc2)c1. The molecule has 3 rings (SSSR count). The van der Waals surface area contributed by atoms with Gasteiger partial charge in [-0.25, -0.2) is 4.98 Å². The number of ketones is 2. The molecule has 7 nitrogen and oxygen atoms in total. The van der Waals surface area contributed by atoms with E-state index in [2.05, 4.69) is 10.3 Å². The molecule has 2 aromatic carbocycles. The van der Waals surface area contributed by atoms with E-state index in [-0.39, 0.29) is 24.1 Å². The van der Waals surface area contributed by atoms with Crippen molar-refractivity contribution in [3.63, 3.8) is 0 Å². The molecule has 3 aromatic rings. The normalized spacial score (nSPS) is 10.4. The molecule has 0 aliphatic carbocycles. The van der Waals surface area contributed by atoms with E-state index in [1.54, 1.807) is 72.5 Å². The number of Topliss-reactive ketones (excluding diaryl/α,β-unsaturated/α-hetero) is 1. The summed E-state index contributed by atoms with van der Waals surface area (Å²) in [4.78, 5) is 39.9. The van der Waals surface area contributed by atoms with Gasteiger partial charge in [0.05, 0.1) is 0 Å². The zero-order chi connectivity index (χ0) is 20.1. The van der Waals surface area contributed by atoms with Crippen molar-refractivity contribution < 1.29 is 19.1 Å². The Bertz CT molecular complexity index is 1020. The number of imidazole rings is 1. The van der Waals surface area contributed by atoms with Crippen LogP contribution >= 0.6 is 0 Å². The zero-order valence-corrected chi connectivity index (χ0v) is 15.5. The molecule has 0 saturated heterocycles. The fraction of sp³-hybridized carbons (Fsp3) is 0.143. The molecule has 0 aliphatic heterocycles. The number of anilines is 1. The third-order valence-electron chi connectivity index (χ3n) is 4.07. The van der Waals surface area contributed by atoms with Crippen LogP contribution in [-0.4, -0.2) is 33.6 Å². The highest BCUT2D eigenvalue weighted by Gasteiger charge is 2.13. The molecule has 0 spiro atoms. The van der Waals surface area contributed by atoms with E-state index in [1.165, 1.54) is 6.92 Å². The molecule has 0 aliphatic rings. The third kappa shape index (κ3) is 4.50. The van der Waals surface area contributed by atoms with Gasteiger partial charge < -0.3 is 14.6 Å². The van der Waals surface area contributed by atoms with Crippen LogP contribution in [0.1, 0.15) is 33.5 Å². The molecule has 1 heterocycles. The van der Waals surface area contributed by atoms with Crippen LogP contribution in [0.15, 0.2) is 60.9 Å². The summed E-state index contributed by atoms with van der Waals surface area (Å²) in [7, 11) is 1.75. The number of benzene rings is 2. The van der Waals surface area contributed by atoms with Crippen LogP contribution in [0.5, 0.6) is 5.75 Å². The number of amides is 1. The lowest BCUT2D eigenvalue weighted by molar-refractivity contribution is -0.118. The number of ether oxygens (including phenoxy) is 1. The minimum Gasteiger partial charge on any atom is -0.484 e. The van der Waals surface area contributed by atoms with Gasteiger partial charge in [-0.1, -0.05) is 12.1 Å². The van der Waals surface area contributed by atoms with Crippen molar-refractivity contribution in [2.45, 2.75) is 6.92 Å². The first-order chi connectivity index (χ1) is 13.4. The van der Waals surface area contributed by atoms with Crippen molar-refractivity contribution in [1.82, 2.24) is 9.55 Å². The van der Waals surface area contributed by atoms with E-state index in [0.29, 0.717) is 28.4 Å². The average molecular weight is 377 g/mol. The fourth-order valence-corrected chi connectivity index (χ4v) is 2.57. The summed E-state index contributed by atoms with van der Waals surface area (Å²) >= 11 is 0. The molecule has 0 saturated carbocycles. The van der Waals surface area contributed by atoms with Gasteiger partial charge in [-0.15, -0.1) is 0 Å². The van der Waals surface area contributed by atoms with E-state index in [4.69, 9.17) is 4.74 Å². The topological polar surface area (TPSA) is 90.3 Å². The van der Waals surface area contributed by atoms with Gasteiger partial charge in [0.25, 0.3) is 5.91 Å². The second-order valence-electron chi connectivity index (χ2n) is 6.19. The van der Waals surface area contributed by atoms with Gasteiger partial charge in [0.15, 0.2) is 18.2 Å². The number of carbonyl (C=O) groups is 3. The molecule has 142 valence electrons.